The summed E-state index contributed by atoms with van der Waals surface area (Å²) in [6, 6.07) is 7.76. The second-order valence-corrected chi connectivity index (χ2v) is 6.68. The van der Waals surface area contributed by atoms with Crippen molar-refractivity contribution >= 4 is 34.8 Å². The average molecular weight is 483 g/mol. The van der Waals surface area contributed by atoms with Crippen LogP contribution in [0.4, 0.5) is 8.78 Å². The van der Waals surface area contributed by atoms with E-state index >= 15 is 4.39 Å². The monoisotopic (exact) mass is 482 g/mol. The van der Waals surface area contributed by atoms with Crippen molar-refractivity contribution < 1.29 is 27.9 Å². The third-order valence-electron chi connectivity index (χ3n) is 3.88. The maximum Gasteiger partial charge on any atom is 0.273 e. The fourth-order valence-corrected chi connectivity index (χ4v) is 2.78. The fraction of sp³-hybridized carbons (Fsp3) is 0.100. The predicted octanol–water partition coefficient (Wildman–Crippen LogP) is 4.74. The number of rotatable bonds is 7. The summed E-state index contributed by atoms with van der Waals surface area (Å²) in [6.45, 7) is 0. The second-order valence-electron chi connectivity index (χ2n) is 5.90. The number of oxime groups is 1. The maximum atomic E-state index is 15.0. The Morgan fingerprint density at radius 2 is 1.75 bits per heavy atom. The van der Waals surface area contributed by atoms with Gasteiger partial charge in [0.2, 0.25) is 5.82 Å². The highest BCUT2D eigenvalue weighted by Gasteiger charge is 2.23. The molecule has 12 heteroatoms. The number of amides is 1. The van der Waals surface area contributed by atoms with Gasteiger partial charge in [0.1, 0.15) is 35.8 Å². The number of hydrogen-bond acceptors (Lipinski definition) is 7. The fourth-order valence-electron chi connectivity index (χ4n) is 2.45. The lowest BCUT2D eigenvalue weighted by Crippen LogP contribution is -2.29. The lowest BCUT2D eigenvalue weighted by molar-refractivity contribution is -0.114. The van der Waals surface area contributed by atoms with E-state index in [1.807, 2.05) is 0 Å². The van der Waals surface area contributed by atoms with Crippen molar-refractivity contribution in [2.45, 2.75) is 0 Å². The zero-order chi connectivity index (χ0) is 23.3. The Morgan fingerprint density at radius 1 is 1.06 bits per heavy atom. The number of ether oxygens (including phenoxy) is 2. The molecular weight excluding hydrogens is 469 g/mol. The summed E-state index contributed by atoms with van der Waals surface area (Å²) in [5, 5.41) is 6.25. The molecule has 0 radical (unpaired) electrons. The first-order chi connectivity index (χ1) is 15.3. The predicted molar refractivity (Wildman–Crippen MR) is 113 cm³/mol. The van der Waals surface area contributed by atoms with E-state index in [2.05, 4.69) is 25.3 Å². The van der Waals surface area contributed by atoms with Gasteiger partial charge in [-0.15, -0.1) is 0 Å². The van der Waals surface area contributed by atoms with Crippen LogP contribution in [0.5, 0.6) is 23.3 Å². The number of aromatic nitrogens is 2. The number of hydrogen-bond donors (Lipinski definition) is 1. The van der Waals surface area contributed by atoms with Gasteiger partial charge < -0.3 is 19.6 Å². The van der Waals surface area contributed by atoms with E-state index in [1.54, 1.807) is 6.07 Å². The second kappa shape index (κ2) is 10.2. The highest BCUT2D eigenvalue weighted by molar-refractivity contribution is 6.45. The largest absolute Gasteiger partial charge is 0.435 e. The Balaban J connectivity index is 2.00. The number of carbonyl (C=O) groups is 1. The van der Waals surface area contributed by atoms with Gasteiger partial charge in [0, 0.05) is 13.1 Å². The molecule has 0 spiro atoms. The van der Waals surface area contributed by atoms with Gasteiger partial charge in [-0.3, -0.25) is 4.79 Å². The third-order valence-corrected chi connectivity index (χ3v) is 4.68. The van der Waals surface area contributed by atoms with E-state index in [0.717, 1.165) is 18.5 Å². The molecule has 2 aromatic carbocycles. The molecule has 1 N–H and O–H groups in total. The number of nitrogens with zero attached hydrogens (tertiary/aromatic N) is 3. The van der Waals surface area contributed by atoms with Crippen molar-refractivity contribution in [3.05, 3.63) is 70.0 Å². The zero-order valence-electron chi connectivity index (χ0n) is 16.5. The molecule has 0 unspecified atom stereocenters. The standard InChI is InChI=1S/C20H14Cl2F2N4O4/c1-25-18(29)17(28-30-2)11-7-6-10(23)8-14(11)32-20-16(24)19(26-9-27-20)31-13-5-3-4-12(21)15(13)22/h3-9H,1-2H3,(H,25,29). The maximum absolute atomic E-state index is 15.0. The molecule has 0 bridgehead atoms. The van der Waals surface area contributed by atoms with Crippen LogP contribution < -0.4 is 14.8 Å². The molecule has 0 saturated heterocycles. The summed E-state index contributed by atoms with van der Waals surface area (Å²) in [5.74, 6) is -3.80. The van der Waals surface area contributed by atoms with Crippen molar-refractivity contribution in [1.29, 1.82) is 0 Å². The summed E-state index contributed by atoms with van der Waals surface area (Å²) < 4.78 is 39.7. The van der Waals surface area contributed by atoms with Crippen LogP contribution in [-0.2, 0) is 9.63 Å². The Hall–Kier alpha value is -3.50. The molecule has 3 rings (SSSR count). The lowest BCUT2D eigenvalue weighted by Gasteiger charge is -2.13. The topological polar surface area (TPSA) is 94.9 Å². The summed E-state index contributed by atoms with van der Waals surface area (Å²) in [6.07, 6.45) is 0.966. The molecule has 0 aliphatic rings. The van der Waals surface area contributed by atoms with Crippen LogP contribution >= 0.6 is 23.2 Å². The van der Waals surface area contributed by atoms with Crippen molar-refractivity contribution in [1.82, 2.24) is 15.3 Å². The molecule has 1 amide bonds. The lowest BCUT2D eigenvalue weighted by atomic mass is 10.1. The normalized spacial score (nSPS) is 11.1. The minimum absolute atomic E-state index is 0.0194. The van der Waals surface area contributed by atoms with Crippen LogP contribution in [0.3, 0.4) is 0 Å². The van der Waals surface area contributed by atoms with Crippen LogP contribution in [-0.4, -0.2) is 35.7 Å². The number of likely N-dealkylation sites (N-methyl/N-ethyl adjacent to an activating group) is 1. The van der Waals surface area contributed by atoms with E-state index in [-0.39, 0.29) is 32.8 Å². The first-order valence-corrected chi connectivity index (χ1v) is 9.54. The van der Waals surface area contributed by atoms with Gasteiger partial charge in [0.15, 0.2) is 5.71 Å². The molecule has 0 aliphatic carbocycles. The summed E-state index contributed by atoms with van der Waals surface area (Å²) >= 11 is 12.0. The van der Waals surface area contributed by atoms with E-state index in [9.17, 15) is 9.18 Å². The van der Waals surface area contributed by atoms with Gasteiger partial charge >= 0.3 is 0 Å². The molecule has 32 heavy (non-hydrogen) atoms. The third kappa shape index (κ3) is 5.04. The van der Waals surface area contributed by atoms with Crippen LogP contribution in [0.25, 0.3) is 0 Å². The molecule has 1 heterocycles. The van der Waals surface area contributed by atoms with Crippen molar-refractivity contribution in [3.63, 3.8) is 0 Å². The Morgan fingerprint density at radius 3 is 2.41 bits per heavy atom. The van der Waals surface area contributed by atoms with Gasteiger partial charge in [0.05, 0.1) is 10.6 Å². The number of nitrogens with one attached hydrogen (secondary N) is 1. The van der Waals surface area contributed by atoms with E-state index in [1.165, 1.54) is 32.4 Å². The first-order valence-electron chi connectivity index (χ1n) is 8.79. The van der Waals surface area contributed by atoms with Gasteiger partial charge in [-0.25, -0.2) is 4.39 Å². The molecule has 166 valence electrons. The Bertz CT molecular complexity index is 1190. The number of benzene rings is 2. The van der Waals surface area contributed by atoms with E-state index in [4.69, 9.17) is 32.7 Å². The smallest absolute Gasteiger partial charge is 0.273 e. The van der Waals surface area contributed by atoms with Gasteiger partial charge in [0.25, 0.3) is 17.7 Å². The first kappa shape index (κ1) is 23.2. The minimum Gasteiger partial charge on any atom is -0.435 e. The zero-order valence-corrected chi connectivity index (χ0v) is 18.0. The molecule has 8 nitrogen and oxygen atoms in total. The Labute approximate surface area is 190 Å². The molecule has 0 saturated carbocycles. The van der Waals surface area contributed by atoms with Gasteiger partial charge in [-0.1, -0.05) is 34.4 Å². The molecule has 0 atom stereocenters. The van der Waals surface area contributed by atoms with Gasteiger partial charge in [-0.05, 0) is 24.3 Å². The molecule has 1 aromatic heterocycles. The molecular formula is C20H14Cl2F2N4O4. The SMILES string of the molecule is CNC(=O)C(=NOC)c1ccc(F)cc1Oc1ncnc(Oc2cccc(Cl)c2Cl)c1F. The molecule has 0 aliphatic heterocycles. The number of carbonyl (C=O) groups excluding carboxylic acids is 1. The highest BCUT2D eigenvalue weighted by atomic mass is 35.5. The quantitative estimate of drug-likeness (QED) is 0.385. The van der Waals surface area contributed by atoms with Crippen LogP contribution in [0.1, 0.15) is 5.56 Å². The van der Waals surface area contributed by atoms with E-state index < -0.39 is 29.3 Å². The van der Waals surface area contributed by atoms with Crippen LogP contribution in [0, 0.1) is 11.6 Å². The molecule has 0 fully saturated rings. The summed E-state index contributed by atoms with van der Waals surface area (Å²) in [7, 11) is 2.59. The van der Waals surface area contributed by atoms with E-state index in [0.29, 0.717) is 0 Å². The van der Waals surface area contributed by atoms with Crippen molar-refractivity contribution in [2.75, 3.05) is 14.2 Å². The summed E-state index contributed by atoms with van der Waals surface area (Å²) in [5.41, 5.74) is -0.215. The highest BCUT2D eigenvalue weighted by Crippen LogP contribution is 2.36. The number of halogens is 4. The average Bonchev–Trinajstić information content (AvgIpc) is 2.78. The summed E-state index contributed by atoms with van der Waals surface area (Å²) in [4.78, 5) is 24.3. The minimum atomic E-state index is -1.11. The van der Waals surface area contributed by atoms with Crippen molar-refractivity contribution in [3.8, 4) is 23.3 Å². The Kier molecular flexibility index (Phi) is 7.39. The van der Waals surface area contributed by atoms with Crippen molar-refractivity contribution in [2.24, 2.45) is 5.16 Å². The van der Waals surface area contributed by atoms with Crippen LogP contribution in [0.2, 0.25) is 10.0 Å². The molecule has 3 aromatic rings. The van der Waals surface area contributed by atoms with Gasteiger partial charge in [-0.2, -0.15) is 14.4 Å². The van der Waals surface area contributed by atoms with Crippen LogP contribution in [0.15, 0.2) is 47.9 Å².